The van der Waals surface area contributed by atoms with E-state index in [0.29, 0.717) is 30.0 Å². The quantitative estimate of drug-likeness (QED) is 0.505. The number of methoxy groups -OCH3 is 1. The molecule has 7 heteroatoms. The zero-order chi connectivity index (χ0) is 17.1. The number of nitrogens with zero attached hydrogens (tertiary/aromatic N) is 2. The highest BCUT2D eigenvalue weighted by Gasteiger charge is 2.54. The first-order valence-corrected chi connectivity index (χ1v) is 8.07. The predicted octanol–water partition coefficient (Wildman–Crippen LogP) is 1.76. The SMILES string of the molecule is COc1cc([N+](=O)[O-])c2c3c1O[C@@H]1C[C@H](O)C=C[C@]31CCN(C)C2. The van der Waals surface area contributed by atoms with E-state index in [0.717, 1.165) is 18.5 Å². The van der Waals surface area contributed by atoms with Crippen molar-refractivity contribution in [2.75, 3.05) is 20.7 Å². The molecular formula is C17H20N2O5. The summed E-state index contributed by atoms with van der Waals surface area (Å²) < 4.78 is 11.6. The number of hydrogen-bond donors (Lipinski definition) is 1. The first kappa shape index (κ1) is 15.4. The molecule has 1 aromatic rings. The maximum absolute atomic E-state index is 11.6. The topological polar surface area (TPSA) is 85.1 Å². The first-order valence-electron chi connectivity index (χ1n) is 8.07. The van der Waals surface area contributed by atoms with Crippen molar-refractivity contribution in [2.45, 2.75) is 37.0 Å². The van der Waals surface area contributed by atoms with Gasteiger partial charge in [0, 0.05) is 18.5 Å². The minimum atomic E-state index is -0.555. The number of nitro groups is 1. The molecule has 0 unspecified atom stereocenters. The number of ether oxygens (including phenoxy) is 2. The molecule has 2 aliphatic heterocycles. The molecule has 2 heterocycles. The maximum Gasteiger partial charge on any atom is 0.278 e. The number of benzene rings is 1. The summed E-state index contributed by atoms with van der Waals surface area (Å²) in [5, 5.41) is 21.6. The van der Waals surface area contributed by atoms with Crippen LogP contribution >= 0.6 is 0 Å². The predicted molar refractivity (Wildman–Crippen MR) is 86.5 cm³/mol. The fourth-order valence-electron chi connectivity index (χ4n) is 4.28. The smallest absolute Gasteiger partial charge is 0.278 e. The summed E-state index contributed by atoms with van der Waals surface area (Å²) >= 11 is 0. The highest BCUT2D eigenvalue weighted by molar-refractivity contribution is 5.67. The van der Waals surface area contributed by atoms with E-state index in [1.807, 2.05) is 13.1 Å². The highest BCUT2D eigenvalue weighted by atomic mass is 16.6. The zero-order valence-electron chi connectivity index (χ0n) is 13.7. The van der Waals surface area contributed by atoms with Crippen molar-refractivity contribution < 1.29 is 19.5 Å². The Kier molecular flexibility index (Phi) is 3.33. The molecule has 1 aliphatic carbocycles. The Morgan fingerprint density at radius 3 is 3.04 bits per heavy atom. The van der Waals surface area contributed by atoms with Crippen LogP contribution in [-0.4, -0.2) is 47.8 Å². The second kappa shape index (κ2) is 5.19. The Labute approximate surface area is 139 Å². The maximum atomic E-state index is 11.6. The van der Waals surface area contributed by atoms with Crippen LogP contribution in [-0.2, 0) is 12.0 Å². The fraction of sp³-hybridized carbons (Fsp3) is 0.529. The van der Waals surface area contributed by atoms with Crippen LogP contribution in [0.3, 0.4) is 0 Å². The van der Waals surface area contributed by atoms with Crippen LogP contribution in [0.4, 0.5) is 5.69 Å². The molecule has 0 bridgehead atoms. The van der Waals surface area contributed by atoms with Gasteiger partial charge < -0.3 is 19.5 Å². The normalized spacial score (nSPS) is 31.0. The summed E-state index contributed by atoms with van der Waals surface area (Å²) in [5.41, 5.74) is 1.20. The molecule has 128 valence electrons. The third-order valence-corrected chi connectivity index (χ3v) is 5.45. The fourth-order valence-corrected chi connectivity index (χ4v) is 4.28. The summed E-state index contributed by atoms with van der Waals surface area (Å²) in [6.45, 7) is 1.30. The summed E-state index contributed by atoms with van der Waals surface area (Å²) in [4.78, 5) is 13.4. The van der Waals surface area contributed by atoms with Crippen LogP contribution < -0.4 is 9.47 Å². The molecule has 3 atom stereocenters. The van der Waals surface area contributed by atoms with Crippen LogP contribution in [0.1, 0.15) is 24.0 Å². The molecule has 4 rings (SSSR count). The van der Waals surface area contributed by atoms with E-state index in [1.165, 1.54) is 13.2 Å². The van der Waals surface area contributed by atoms with Gasteiger partial charge in [-0.2, -0.15) is 0 Å². The summed E-state index contributed by atoms with van der Waals surface area (Å²) in [7, 11) is 3.46. The Morgan fingerprint density at radius 2 is 2.33 bits per heavy atom. The molecule has 1 aromatic carbocycles. The standard InChI is InChI=1S/C17H20N2O5/c1-18-6-5-17-4-3-10(20)7-14(17)24-16-13(23-2)8-12(19(21)22)11(9-18)15(16)17/h3-4,8,10,14,20H,5-7,9H2,1-2H3/t10-,14-,17-/m1/s1. The molecule has 24 heavy (non-hydrogen) atoms. The zero-order valence-corrected chi connectivity index (χ0v) is 13.7. The Hall–Kier alpha value is -2.12. The van der Waals surface area contributed by atoms with E-state index >= 15 is 0 Å². The van der Waals surface area contributed by atoms with Gasteiger partial charge in [-0.3, -0.25) is 10.1 Å². The Balaban J connectivity index is 2.04. The molecule has 3 aliphatic rings. The van der Waals surface area contributed by atoms with E-state index in [-0.39, 0.29) is 16.7 Å². The summed E-state index contributed by atoms with van der Waals surface area (Å²) in [6.07, 6.45) is 4.26. The Bertz CT molecular complexity index is 747. The van der Waals surface area contributed by atoms with Crippen LogP contribution in [0, 0.1) is 10.1 Å². The summed E-state index contributed by atoms with van der Waals surface area (Å²) in [5.74, 6) is 0.985. The van der Waals surface area contributed by atoms with Crippen LogP contribution in [0.25, 0.3) is 0 Å². The van der Waals surface area contributed by atoms with Gasteiger partial charge in [-0.15, -0.1) is 0 Å². The van der Waals surface area contributed by atoms with Gasteiger partial charge in [0.25, 0.3) is 5.69 Å². The lowest BCUT2D eigenvalue weighted by molar-refractivity contribution is -0.385. The molecule has 0 fully saturated rings. The lowest BCUT2D eigenvalue weighted by Gasteiger charge is -2.35. The monoisotopic (exact) mass is 332 g/mol. The van der Waals surface area contributed by atoms with Crippen molar-refractivity contribution in [3.05, 3.63) is 39.5 Å². The van der Waals surface area contributed by atoms with Crippen LogP contribution in [0.5, 0.6) is 11.5 Å². The molecule has 1 spiro atoms. The Morgan fingerprint density at radius 1 is 1.54 bits per heavy atom. The van der Waals surface area contributed by atoms with Crippen molar-refractivity contribution in [1.82, 2.24) is 4.90 Å². The minimum Gasteiger partial charge on any atom is -0.493 e. The minimum absolute atomic E-state index is 0.0718. The van der Waals surface area contributed by atoms with E-state index < -0.39 is 11.5 Å². The molecule has 0 amide bonds. The van der Waals surface area contributed by atoms with Crippen molar-refractivity contribution >= 4 is 5.69 Å². The van der Waals surface area contributed by atoms with E-state index in [4.69, 9.17) is 9.47 Å². The van der Waals surface area contributed by atoms with Gasteiger partial charge in [-0.05, 0) is 20.0 Å². The number of aliphatic hydroxyl groups excluding tert-OH is 1. The van der Waals surface area contributed by atoms with Crippen molar-refractivity contribution in [3.8, 4) is 11.5 Å². The van der Waals surface area contributed by atoms with Gasteiger partial charge in [-0.1, -0.05) is 12.2 Å². The molecule has 7 nitrogen and oxygen atoms in total. The van der Waals surface area contributed by atoms with Crippen LogP contribution in [0.2, 0.25) is 0 Å². The molecule has 1 N–H and O–H groups in total. The number of aliphatic hydroxyl groups is 1. The van der Waals surface area contributed by atoms with E-state index in [1.54, 1.807) is 6.08 Å². The number of hydrogen-bond acceptors (Lipinski definition) is 6. The molecule has 0 aromatic heterocycles. The average molecular weight is 332 g/mol. The number of nitro benzene ring substituents is 1. The van der Waals surface area contributed by atoms with E-state index in [9.17, 15) is 15.2 Å². The van der Waals surface area contributed by atoms with Crippen molar-refractivity contribution in [2.24, 2.45) is 0 Å². The van der Waals surface area contributed by atoms with Gasteiger partial charge in [-0.25, -0.2) is 0 Å². The van der Waals surface area contributed by atoms with E-state index in [2.05, 4.69) is 4.90 Å². The van der Waals surface area contributed by atoms with Gasteiger partial charge >= 0.3 is 0 Å². The lowest BCUT2D eigenvalue weighted by atomic mass is 9.69. The van der Waals surface area contributed by atoms with Crippen LogP contribution in [0.15, 0.2) is 18.2 Å². The molecule has 0 saturated heterocycles. The molecular weight excluding hydrogens is 312 g/mol. The van der Waals surface area contributed by atoms with Gasteiger partial charge in [0.1, 0.15) is 6.10 Å². The highest BCUT2D eigenvalue weighted by Crippen LogP contribution is 2.57. The summed E-state index contributed by atoms with van der Waals surface area (Å²) in [6, 6.07) is 1.46. The lowest BCUT2D eigenvalue weighted by Crippen LogP contribution is -2.42. The van der Waals surface area contributed by atoms with Crippen molar-refractivity contribution in [3.63, 3.8) is 0 Å². The third kappa shape index (κ3) is 1.98. The third-order valence-electron chi connectivity index (χ3n) is 5.45. The first-order chi connectivity index (χ1) is 11.5. The average Bonchev–Trinajstić information content (AvgIpc) is 2.79. The van der Waals surface area contributed by atoms with Gasteiger partial charge in [0.2, 0.25) is 0 Å². The molecule has 0 radical (unpaired) electrons. The molecule has 0 saturated carbocycles. The van der Waals surface area contributed by atoms with Crippen molar-refractivity contribution in [1.29, 1.82) is 0 Å². The largest absolute Gasteiger partial charge is 0.493 e. The number of rotatable bonds is 2. The van der Waals surface area contributed by atoms with Gasteiger partial charge in [0.05, 0.1) is 35.2 Å². The second-order valence-corrected chi connectivity index (χ2v) is 6.83. The van der Waals surface area contributed by atoms with Gasteiger partial charge in [0.15, 0.2) is 11.5 Å². The second-order valence-electron chi connectivity index (χ2n) is 6.83.